The van der Waals surface area contributed by atoms with Crippen LogP contribution in [0.15, 0.2) is 33.0 Å². The van der Waals surface area contributed by atoms with Crippen LogP contribution in [0.5, 0.6) is 0 Å². The highest BCUT2D eigenvalue weighted by Gasteiger charge is 2.24. The number of hydrogen-bond donors (Lipinski definition) is 5. The van der Waals surface area contributed by atoms with Crippen LogP contribution in [-0.4, -0.2) is 49.6 Å². The lowest BCUT2D eigenvalue weighted by Crippen LogP contribution is -2.15. The molecule has 2 aromatic rings. The van der Waals surface area contributed by atoms with Crippen molar-refractivity contribution in [3.8, 4) is 0 Å². The van der Waals surface area contributed by atoms with Crippen molar-refractivity contribution in [1.82, 2.24) is 15.3 Å². The number of nitrogens with one attached hydrogen (secondary N) is 3. The molecule has 0 saturated carbocycles. The number of carboxylic acids is 2. The van der Waals surface area contributed by atoms with Crippen LogP contribution in [0.1, 0.15) is 99.9 Å². The second-order valence-electron chi connectivity index (χ2n) is 11.6. The Morgan fingerprint density at radius 2 is 1.36 bits per heavy atom. The smallest absolute Gasteiger partial charge is 0.303 e. The highest BCUT2D eigenvalue weighted by atomic mass is 16.4. The van der Waals surface area contributed by atoms with Gasteiger partial charge in [-0.05, 0) is 118 Å². The van der Waals surface area contributed by atoms with E-state index in [-0.39, 0.29) is 24.7 Å². The Kier molecular flexibility index (Phi) is 10.3. The van der Waals surface area contributed by atoms with Crippen molar-refractivity contribution in [3.05, 3.63) is 72.3 Å². The second-order valence-corrected chi connectivity index (χ2v) is 11.6. The van der Waals surface area contributed by atoms with E-state index in [9.17, 15) is 29.4 Å². The summed E-state index contributed by atoms with van der Waals surface area (Å²) < 4.78 is 0. The van der Waals surface area contributed by atoms with Gasteiger partial charge in [0.15, 0.2) is 0 Å². The Morgan fingerprint density at radius 1 is 0.733 bits per heavy atom. The summed E-state index contributed by atoms with van der Waals surface area (Å²) in [6.07, 6.45) is 9.20. The molecule has 4 heterocycles. The topological polar surface area (TPSA) is 165 Å². The average molecular weight is 615 g/mol. The SMILES string of the molecule is CCC1=C(C)C(=O)N=C1/C=c1/[nH]/c(=C/c2[nH]c(/C=C3\NC(=O)C(C)=C3CC)c(C)c2CCCC(=O)O)c(CCCC(=O)O)c1C. The Bertz CT molecular complexity index is 1830. The van der Waals surface area contributed by atoms with Crippen LogP contribution in [0.2, 0.25) is 0 Å². The van der Waals surface area contributed by atoms with Gasteiger partial charge in [-0.2, -0.15) is 0 Å². The fourth-order valence-corrected chi connectivity index (χ4v) is 6.15. The Balaban J connectivity index is 1.89. The van der Waals surface area contributed by atoms with Gasteiger partial charge in [0.25, 0.3) is 11.8 Å². The highest BCUT2D eigenvalue weighted by molar-refractivity contribution is 6.30. The first-order valence-corrected chi connectivity index (χ1v) is 15.5. The third kappa shape index (κ3) is 7.16. The molecule has 0 atom stereocenters. The summed E-state index contributed by atoms with van der Waals surface area (Å²) in [6.45, 7) is 11.6. The molecular formula is C35H42N4O6. The van der Waals surface area contributed by atoms with Gasteiger partial charge in [-0.25, -0.2) is 4.99 Å². The molecule has 2 aliphatic heterocycles. The van der Waals surface area contributed by atoms with Gasteiger partial charge in [0.05, 0.1) is 5.71 Å². The van der Waals surface area contributed by atoms with Crippen LogP contribution >= 0.6 is 0 Å². The Hall–Kier alpha value is -4.73. The molecule has 0 bridgehead atoms. The fourth-order valence-electron chi connectivity index (χ4n) is 6.15. The summed E-state index contributed by atoms with van der Waals surface area (Å²) in [5.74, 6) is -2.07. The molecule has 2 amide bonds. The summed E-state index contributed by atoms with van der Waals surface area (Å²) in [6, 6.07) is 0. The predicted molar refractivity (Wildman–Crippen MR) is 174 cm³/mol. The molecule has 0 aromatic carbocycles. The van der Waals surface area contributed by atoms with Gasteiger partial charge in [-0.1, -0.05) is 13.8 Å². The van der Waals surface area contributed by atoms with Crippen LogP contribution < -0.4 is 16.0 Å². The molecule has 10 heteroatoms. The lowest BCUT2D eigenvalue weighted by Gasteiger charge is -2.04. The lowest BCUT2D eigenvalue weighted by molar-refractivity contribution is -0.138. The number of aromatic amines is 2. The molecule has 2 aromatic heterocycles. The molecule has 0 aliphatic carbocycles. The third-order valence-electron chi connectivity index (χ3n) is 8.77. The number of amides is 2. The third-order valence-corrected chi connectivity index (χ3v) is 8.77. The van der Waals surface area contributed by atoms with Gasteiger partial charge < -0.3 is 25.5 Å². The zero-order valence-corrected chi connectivity index (χ0v) is 26.9. The van der Waals surface area contributed by atoms with Gasteiger partial charge in [0.1, 0.15) is 0 Å². The number of carbonyl (C=O) groups excluding carboxylic acids is 2. The van der Waals surface area contributed by atoms with Crippen molar-refractivity contribution < 1.29 is 29.4 Å². The molecule has 0 saturated heterocycles. The van der Waals surface area contributed by atoms with E-state index >= 15 is 0 Å². The van der Waals surface area contributed by atoms with Crippen LogP contribution in [0.4, 0.5) is 0 Å². The average Bonchev–Trinajstić information content (AvgIpc) is 3.62. The molecule has 238 valence electrons. The van der Waals surface area contributed by atoms with Crippen molar-refractivity contribution >= 4 is 47.7 Å². The molecule has 10 nitrogen and oxygen atoms in total. The summed E-state index contributed by atoms with van der Waals surface area (Å²) in [4.78, 5) is 58.7. The molecule has 0 fully saturated rings. The summed E-state index contributed by atoms with van der Waals surface area (Å²) >= 11 is 0. The molecule has 0 radical (unpaired) electrons. The minimum atomic E-state index is -0.861. The van der Waals surface area contributed by atoms with E-state index in [1.54, 1.807) is 6.92 Å². The normalized spacial score (nSPS) is 16.9. The maximum Gasteiger partial charge on any atom is 0.303 e. The largest absolute Gasteiger partial charge is 0.481 e. The van der Waals surface area contributed by atoms with Crippen molar-refractivity contribution in [2.75, 3.05) is 0 Å². The number of carbonyl (C=O) groups is 4. The fraction of sp³-hybridized carbons (Fsp3) is 0.400. The van der Waals surface area contributed by atoms with Gasteiger partial charge in [-0.3, -0.25) is 19.2 Å². The summed E-state index contributed by atoms with van der Waals surface area (Å²) in [5, 5.41) is 23.1. The number of aliphatic imine (C=N–C) groups is 1. The monoisotopic (exact) mass is 614 g/mol. The number of rotatable bonds is 13. The first-order valence-electron chi connectivity index (χ1n) is 15.5. The molecule has 45 heavy (non-hydrogen) atoms. The minimum Gasteiger partial charge on any atom is -0.481 e. The number of nitrogens with zero attached hydrogens (tertiary/aromatic N) is 1. The van der Waals surface area contributed by atoms with Crippen LogP contribution in [0, 0.1) is 13.8 Å². The number of aliphatic carboxylic acids is 2. The molecule has 0 unspecified atom stereocenters. The van der Waals surface area contributed by atoms with E-state index in [2.05, 4.69) is 20.3 Å². The lowest BCUT2D eigenvalue weighted by atomic mass is 10.0. The van der Waals surface area contributed by atoms with E-state index in [1.807, 2.05) is 52.8 Å². The van der Waals surface area contributed by atoms with Crippen molar-refractivity contribution in [3.63, 3.8) is 0 Å². The van der Waals surface area contributed by atoms with E-state index in [1.165, 1.54) is 0 Å². The minimum absolute atomic E-state index is 0.0322. The summed E-state index contributed by atoms with van der Waals surface area (Å²) in [7, 11) is 0. The zero-order valence-electron chi connectivity index (χ0n) is 26.9. The first-order chi connectivity index (χ1) is 21.4. The van der Waals surface area contributed by atoms with Crippen molar-refractivity contribution in [2.45, 2.75) is 92.9 Å². The highest BCUT2D eigenvalue weighted by Crippen LogP contribution is 2.29. The van der Waals surface area contributed by atoms with Crippen LogP contribution in [0.25, 0.3) is 18.2 Å². The quantitative estimate of drug-likeness (QED) is 0.226. The van der Waals surface area contributed by atoms with Crippen molar-refractivity contribution in [1.29, 1.82) is 0 Å². The predicted octanol–water partition coefficient (Wildman–Crippen LogP) is 4.29. The first kappa shape index (κ1) is 33.2. The van der Waals surface area contributed by atoms with Gasteiger partial charge in [-0.15, -0.1) is 0 Å². The molecule has 5 N–H and O–H groups in total. The standard InChI is InChI=1S/C35H42N4O6/c1-7-22-20(5)34(44)38-28(22)15-26-18(3)24(11-9-13-32(40)41)30(36-26)17-31-25(12-10-14-33(42)43)19(4)27(37-31)16-29-23(8-2)21(6)35(45)39-29/h15-17,36-37H,7-14H2,1-6H3,(H,38,44)(H,40,41)(H,42,43)/b27-16+,28-15-,31-17+. The molecule has 4 rings (SSSR count). The van der Waals surface area contributed by atoms with Crippen LogP contribution in [-0.2, 0) is 32.0 Å². The summed E-state index contributed by atoms with van der Waals surface area (Å²) in [5.41, 5.74) is 10.0. The zero-order chi connectivity index (χ0) is 33.0. The van der Waals surface area contributed by atoms with E-state index in [4.69, 9.17) is 0 Å². The maximum atomic E-state index is 12.4. The Labute approximate surface area is 262 Å². The van der Waals surface area contributed by atoms with Gasteiger partial charge in [0, 0.05) is 51.8 Å². The van der Waals surface area contributed by atoms with Gasteiger partial charge >= 0.3 is 11.9 Å². The number of allylic oxidation sites excluding steroid dienone is 2. The second kappa shape index (κ2) is 13.9. The number of aromatic nitrogens is 2. The van der Waals surface area contributed by atoms with E-state index in [0.717, 1.165) is 61.2 Å². The molecule has 0 spiro atoms. The molecular weight excluding hydrogens is 572 g/mol. The number of hydrogen-bond acceptors (Lipinski definition) is 4. The molecule has 2 aliphatic rings. The number of H-pyrrole nitrogens is 2. The van der Waals surface area contributed by atoms with E-state index < -0.39 is 11.9 Å². The van der Waals surface area contributed by atoms with Crippen molar-refractivity contribution in [2.24, 2.45) is 4.99 Å². The van der Waals surface area contributed by atoms with Gasteiger partial charge in [0.2, 0.25) is 0 Å². The maximum absolute atomic E-state index is 12.4. The Morgan fingerprint density at radius 3 is 1.96 bits per heavy atom. The number of carboxylic acid groups (broad SMARTS) is 2. The van der Waals surface area contributed by atoms with E-state index in [0.29, 0.717) is 55.4 Å². The van der Waals surface area contributed by atoms with Crippen LogP contribution in [0.3, 0.4) is 0 Å².